The van der Waals surface area contributed by atoms with Crippen molar-refractivity contribution >= 4 is 22.5 Å². The Morgan fingerprint density at radius 3 is 2.28 bits per heavy atom. The van der Waals surface area contributed by atoms with Crippen molar-refractivity contribution in [2.75, 3.05) is 45.4 Å². The summed E-state index contributed by atoms with van der Waals surface area (Å²) >= 11 is 0. The molecule has 0 aliphatic carbocycles. The van der Waals surface area contributed by atoms with Crippen LogP contribution in [0, 0.1) is 18.3 Å². The van der Waals surface area contributed by atoms with E-state index in [0.717, 1.165) is 34.4 Å². The van der Waals surface area contributed by atoms with E-state index < -0.39 is 0 Å². The summed E-state index contributed by atoms with van der Waals surface area (Å²) in [6, 6.07) is 20.8. The molecule has 164 valence electrons. The Morgan fingerprint density at radius 2 is 1.62 bits per heavy atom. The molecule has 0 spiro atoms. The van der Waals surface area contributed by atoms with Crippen LogP contribution in [-0.2, 0) is 15.9 Å². The Bertz CT molecular complexity index is 1250. The van der Waals surface area contributed by atoms with Gasteiger partial charge in [-0.2, -0.15) is 5.26 Å². The second-order valence-corrected chi connectivity index (χ2v) is 7.81. The third-order valence-corrected chi connectivity index (χ3v) is 5.86. The first-order valence-electron chi connectivity index (χ1n) is 10.8. The standard InChI is InChI=1S/C26H28N4O2/c1-19-21(17-20-9-5-4-6-10-20)26(29(13-15-31-2)14-16-32-3)30-24-12-8-7-11-23(24)28-25(30)22(19)18-27/h4-12H,13-17H2,1-3H3. The summed E-state index contributed by atoms with van der Waals surface area (Å²) in [5.41, 5.74) is 6.46. The summed E-state index contributed by atoms with van der Waals surface area (Å²) in [4.78, 5) is 7.14. The molecule has 2 aromatic carbocycles. The normalized spacial score (nSPS) is 11.2. The molecule has 4 rings (SSSR count). The molecule has 4 aromatic rings. The van der Waals surface area contributed by atoms with Crippen molar-refractivity contribution in [1.29, 1.82) is 5.26 Å². The predicted octanol–water partition coefficient (Wildman–Crippen LogP) is 4.36. The molecular weight excluding hydrogens is 400 g/mol. The number of pyridine rings is 1. The van der Waals surface area contributed by atoms with Gasteiger partial charge in [0.1, 0.15) is 11.9 Å². The first-order chi connectivity index (χ1) is 15.7. The maximum atomic E-state index is 10.1. The van der Waals surface area contributed by atoms with Gasteiger partial charge < -0.3 is 14.4 Å². The minimum atomic E-state index is 0.585. The summed E-state index contributed by atoms with van der Waals surface area (Å²) in [5.74, 6) is 1.04. The van der Waals surface area contributed by atoms with E-state index in [1.54, 1.807) is 14.2 Å². The number of aromatic nitrogens is 2. The number of nitriles is 1. The van der Waals surface area contributed by atoms with E-state index in [1.807, 2.05) is 43.3 Å². The minimum Gasteiger partial charge on any atom is -0.383 e. The highest BCUT2D eigenvalue weighted by molar-refractivity contribution is 5.86. The molecule has 0 saturated heterocycles. The predicted molar refractivity (Wildman–Crippen MR) is 127 cm³/mol. The molecular formula is C26H28N4O2. The lowest BCUT2D eigenvalue weighted by Gasteiger charge is -2.29. The number of nitrogens with zero attached hydrogens (tertiary/aromatic N) is 4. The molecule has 2 heterocycles. The fraction of sp³-hybridized carbons (Fsp3) is 0.308. The number of imidazole rings is 1. The number of hydrogen-bond acceptors (Lipinski definition) is 5. The quantitative estimate of drug-likeness (QED) is 0.396. The molecule has 0 radical (unpaired) electrons. The van der Waals surface area contributed by atoms with Gasteiger partial charge in [-0.15, -0.1) is 0 Å². The van der Waals surface area contributed by atoms with Crippen LogP contribution in [0.5, 0.6) is 0 Å². The number of benzene rings is 2. The zero-order valence-electron chi connectivity index (χ0n) is 18.8. The van der Waals surface area contributed by atoms with Crippen LogP contribution < -0.4 is 4.90 Å². The highest BCUT2D eigenvalue weighted by Crippen LogP contribution is 2.34. The van der Waals surface area contributed by atoms with Crippen LogP contribution in [-0.4, -0.2) is 49.9 Å². The fourth-order valence-corrected chi connectivity index (χ4v) is 4.23. The van der Waals surface area contributed by atoms with Crippen LogP contribution in [0.2, 0.25) is 0 Å². The fourth-order valence-electron chi connectivity index (χ4n) is 4.23. The van der Waals surface area contributed by atoms with Gasteiger partial charge in [-0.3, -0.25) is 4.40 Å². The molecule has 0 aliphatic rings. The number of para-hydroxylation sites is 2. The molecule has 0 bridgehead atoms. The largest absolute Gasteiger partial charge is 0.383 e. The van der Waals surface area contributed by atoms with Crippen molar-refractivity contribution in [3.05, 3.63) is 76.9 Å². The van der Waals surface area contributed by atoms with Gasteiger partial charge >= 0.3 is 0 Å². The maximum Gasteiger partial charge on any atom is 0.157 e. The van der Waals surface area contributed by atoms with E-state index >= 15 is 0 Å². The average molecular weight is 429 g/mol. The Balaban J connectivity index is 2.06. The van der Waals surface area contributed by atoms with Gasteiger partial charge in [0, 0.05) is 39.3 Å². The van der Waals surface area contributed by atoms with E-state index in [4.69, 9.17) is 14.5 Å². The van der Waals surface area contributed by atoms with Crippen molar-refractivity contribution in [2.45, 2.75) is 13.3 Å². The van der Waals surface area contributed by atoms with Crippen LogP contribution in [0.15, 0.2) is 54.6 Å². The first-order valence-corrected chi connectivity index (χ1v) is 10.8. The topological polar surface area (TPSA) is 62.8 Å². The van der Waals surface area contributed by atoms with Crippen molar-refractivity contribution in [3.8, 4) is 6.07 Å². The number of fused-ring (bicyclic) bond motifs is 3. The third kappa shape index (κ3) is 4.05. The zero-order chi connectivity index (χ0) is 22.5. The van der Waals surface area contributed by atoms with E-state index in [1.165, 1.54) is 5.56 Å². The summed E-state index contributed by atoms with van der Waals surface area (Å²) < 4.78 is 13.0. The molecule has 32 heavy (non-hydrogen) atoms. The zero-order valence-corrected chi connectivity index (χ0v) is 18.8. The number of anilines is 1. The molecule has 2 aromatic heterocycles. The van der Waals surface area contributed by atoms with Crippen LogP contribution in [0.4, 0.5) is 5.82 Å². The van der Waals surface area contributed by atoms with Crippen LogP contribution >= 0.6 is 0 Å². The molecule has 0 saturated carbocycles. The summed E-state index contributed by atoms with van der Waals surface area (Å²) in [5, 5.41) is 10.1. The van der Waals surface area contributed by atoms with E-state index in [0.29, 0.717) is 37.5 Å². The Morgan fingerprint density at radius 1 is 0.969 bits per heavy atom. The van der Waals surface area contributed by atoms with E-state index in [-0.39, 0.29) is 0 Å². The van der Waals surface area contributed by atoms with Crippen molar-refractivity contribution in [1.82, 2.24) is 9.38 Å². The summed E-state index contributed by atoms with van der Waals surface area (Å²) in [6.45, 7) is 4.61. The number of methoxy groups -OCH3 is 2. The summed E-state index contributed by atoms with van der Waals surface area (Å²) in [6.07, 6.45) is 0.718. The number of rotatable bonds is 9. The third-order valence-electron chi connectivity index (χ3n) is 5.86. The molecule has 6 nitrogen and oxygen atoms in total. The lowest BCUT2D eigenvalue weighted by atomic mass is 9.97. The maximum absolute atomic E-state index is 10.1. The molecule has 0 N–H and O–H groups in total. The van der Waals surface area contributed by atoms with Gasteiger partial charge in [0.2, 0.25) is 0 Å². The van der Waals surface area contributed by atoms with Crippen molar-refractivity contribution < 1.29 is 9.47 Å². The van der Waals surface area contributed by atoms with Gasteiger partial charge in [0.15, 0.2) is 5.65 Å². The first kappa shape index (κ1) is 21.8. The Hall–Kier alpha value is -3.40. The molecule has 0 atom stereocenters. The SMILES string of the molecule is COCCN(CCOC)c1c(Cc2ccccc2)c(C)c(C#N)c2nc3ccccc3n12. The van der Waals surface area contributed by atoms with Gasteiger partial charge in [-0.25, -0.2) is 4.98 Å². The smallest absolute Gasteiger partial charge is 0.157 e. The lowest BCUT2D eigenvalue weighted by molar-refractivity contribution is 0.190. The summed E-state index contributed by atoms with van der Waals surface area (Å²) in [7, 11) is 3.43. The Labute approximate surface area is 188 Å². The minimum absolute atomic E-state index is 0.585. The van der Waals surface area contributed by atoms with E-state index in [2.05, 4.69) is 33.6 Å². The molecule has 6 heteroatoms. The lowest BCUT2D eigenvalue weighted by Crippen LogP contribution is -2.33. The van der Waals surface area contributed by atoms with Crippen molar-refractivity contribution in [2.24, 2.45) is 0 Å². The second-order valence-electron chi connectivity index (χ2n) is 7.81. The molecule has 0 aliphatic heterocycles. The van der Waals surface area contributed by atoms with Gasteiger partial charge in [0.25, 0.3) is 0 Å². The van der Waals surface area contributed by atoms with Crippen LogP contribution in [0.25, 0.3) is 16.7 Å². The highest BCUT2D eigenvalue weighted by atomic mass is 16.5. The monoisotopic (exact) mass is 428 g/mol. The van der Waals surface area contributed by atoms with Crippen molar-refractivity contribution in [3.63, 3.8) is 0 Å². The van der Waals surface area contributed by atoms with Crippen LogP contribution in [0.1, 0.15) is 22.3 Å². The molecule has 0 unspecified atom stereocenters. The van der Waals surface area contributed by atoms with Gasteiger partial charge in [0.05, 0.1) is 29.8 Å². The van der Waals surface area contributed by atoms with E-state index in [9.17, 15) is 5.26 Å². The second kappa shape index (κ2) is 9.82. The highest BCUT2D eigenvalue weighted by Gasteiger charge is 2.24. The van der Waals surface area contributed by atoms with Gasteiger partial charge in [-0.1, -0.05) is 42.5 Å². The van der Waals surface area contributed by atoms with Gasteiger partial charge in [-0.05, 0) is 30.2 Å². The Kier molecular flexibility index (Phi) is 6.69. The number of hydrogen-bond donors (Lipinski definition) is 0. The molecule has 0 amide bonds. The number of ether oxygens (including phenoxy) is 2. The van der Waals surface area contributed by atoms with Crippen LogP contribution in [0.3, 0.4) is 0 Å². The average Bonchev–Trinajstić information content (AvgIpc) is 3.20. The molecule has 0 fully saturated rings.